The zero-order chi connectivity index (χ0) is 21.6. The molecule has 0 saturated carbocycles. The number of para-hydroxylation sites is 1. The number of nitrogens with one attached hydrogen (secondary N) is 1. The summed E-state index contributed by atoms with van der Waals surface area (Å²) in [5.41, 5.74) is 6.70. The van der Waals surface area contributed by atoms with Crippen LogP contribution in [0.15, 0.2) is 18.2 Å². The van der Waals surface area contributed by atoms with E-state index in [1.54, 1.807) is 0 Å². The number of fused-ring (bicyclic) bond motifs is 4. The van der Waals surface area contributed by atoms with Crippen molar-refractivity contribution in [3.63, 3.8) is 0 Å². The minimum Gasteiger partial charge on any atom is -0.370 e. The molecule has 4 amide bonds. The van der Waals surface area contributed by atoms with Crippen molar-refractivity contribution < 1.29 is 24.5 Å². The van der Waals surface area contributed by atoms with Crippen molar-refractivity contribution in [1.29, 1.82) is 0 Å². The van der Waals surface area contributed by atoms with Gasteiger partial charge in [0.05, 0.1) is 5.69 Å². The highest BCUT2D eigenvalue weighted by atomic mass is 16.2. The molecule has 3 aliphatic heterocycles. The number of nitrogens with zero attached hydrogens (tertiary/aromatic N) is 1. The van der Waals surface area contributed by atoms with Gasteiger partial charge in [0.1, 0.15) is 17.9 Å². The number of unbranched alkanes of at least 4 members (excludes halogenated alkanes) is 1. The maximum atomic E-state index is 13.5. The Bertz CT molecular complexity index is 930. The Morgan fingerprint density at radius 1 is 1.23 bits per heavy atom. The lowest BCUT2D eigenvalue weighted by molar-refractivity contribution is -0.734. The van der Waals surface area contributed by atoms with Gasteiger partial charge in [-0.25, -0.2) is 0 Å². The van der Waals surface area contributed by atoms with Crippen LogP contribution >= 0.6 is 0 Å². The summed E-state index contributed by atoms with van der Waals surface area (Å²) >= 11 is 0. The fourth-order valence-electron chi connectivity index (χ4n) is 5.51. The topological polar surface area (TPSA) is 126 Å². The Morgan fingerprint density at radius 3 is 2.67 bits per heavy atom. The molecule has 0 aromatic heterocycles. The third-order valence-corrected chi connectivity index (χ3v) is 6.92. The van der Waals surface area contributed by atoms with Gasteiger partial charge in [0, 0.05) is 24.9 Å². The Kier molecular flexibility index (Phi) is 5.13. The molecule has 0 unspecified atom stereocenters. The van der Waals surface area contributed by atoms with Gasteiger partial charge in [-0.3, -0.25) is 24.1 Å². The van der Waals surface area contributed by atoms with Crippen LogP contribution in [0.5, 0.6) is 0 Å². The van der Waals surface area contributed by atoms with Gasteiger partial charge in [-0.15, -0.1) is 0 Å². The molecule has 2 saturated heterocycles. The van der Waals surface area contributed by atoms with E-state index in [0.717, 1.165) is 36.1 Å². The molecule has 3 aliphatic rings. The van der Waals surface area contributed by atoms with Gasteiger partial charge in [-0.2, -0.15) is 0 Å². The zero-order valence-corrected chi connectivity index (χ0v) is 17.4. The van der Waals surface area contributed by atoms with E-state index in [1.807, 2.05) is 37.4 Å². The molecule has 8 nitrogen and oxygen atoms in total. The minimum absolute atomic E-state index is 0.111. The Morgan fingerprint density at radius 2 is 2.00 bits per heavy atom. The largest absolute Gasteiger partial charge is 0.370 e. The molecular weight excluding hydrogens is 384 g/mol. The molecule has 2 fully saturated rings. The number of benzene rings is 1. The van der Waals surface area contributed by atoms with Gasteiger partial charge in [0.15, 0.2) is 0 Å². The molecule has 5 N–H and O–H groups in total. The Balaban J connectivity index is 1.82. The second kappa shape index (κ2) is 7.50. The SMILES string of the molecule is CCCCN1C(=O)[C@@H]2[C@H](CCC(N)=O)[NH2+][C@]3(C(=O)Nc4c(CC)cccc43)[C@@H]2C1=O. The number of imide groups is 1. The molecule has 0 radical (unpaired) electrons. The smallest absolute Gasteiger partial charge is 0.291 e. The fraction of sp³-hybridized carbons (Fsp3) is 0.545. The van der Waals surface area contributed by atoms with Crippen LogP contribution in [0.2, 0.25) is 0 Å². The van der Waals surface area contributed by atoms with E-state index in [1.165, 1.54) is 4.90 Å². The van der Waals surface area contributed by atoms with Gasteiger partial charge >= 0.3 is 0 Å². The summed E-state index contributed by atoms with van der Waals surface area (Å²) in [6, 6.07) is 5.38. The highest BCUT2D eigenvalue weighted by Gasteiger charge is 2.74. The number of carbonyl (C=O) groups is 4. The van der Waals surface area contributed by atoms with Gasteiger partial charge in [-0.05, 0) is 18.4 Å². The first-order chi connectivity index (χ1) is 14.4. The lowest BCUT2D eigenvalue weighted by atomic mass is 9.76. The lowest BCUT2D eigenvalue weighted by Gasteiger charge is -2.26. The number of carbonyl (C=O) groups excluding carboxylic acids is 4. The first kappa shape index (κ1) is 20.5. The summed E-state index contributed by atoms with van der Waals surface area (Å²) in [6.45, 7) is 4.38. The molecule has 160 valence electrons. The summed E-state index contributed by atoms with van der Waals surface area (Å²) < 4.78 is 0. The first-order valence-electron chi connectivity index (χ1n) is 10.8. The Hall–Kier alpha value is -2.74. The van der Waals surface area contributed by atoms with Crippen LogP contribution in [0.25, 0.3) is 0 Å². The Labute approximate surface area is 175 Å². The van der Waals surface area contributed by atoms with Crippen molar-refractivity contribution in [3.05, 3.63) is 29.3 Å². The molecule has 8 heteroatoms. The quantitative estimate of drug-likeness (QED) is 0.544. The van der Waals surface area contributed by atoms with Crippen LogP contribution < -0.4 is 16.4 Å². The third-order valence-electron chi connectivity index (χ3n) is 6.92. The van der Waals surface area contributed by atoms with Crippen molar-refractivity contribution in [3.8, 4) is 0 Å². The summed E-state index contributed by atoms with van der Waals surface area (Å²) in [6.07, 6.45) is 2.80. The number of amides is 4. The highest BCUT2D eigenvalue weighted by molar-refractivity contribution is 6.14. The summed E-state index contributed by atoms with van der Waals surface area (Å²) in [5, 5.41) is 4.86. The van der Waals surface area contributed by atoms with E-state index in [2.05, 4.69) is 5.32 Å². The van der Waals surface area contributed by atoms with Crippen LogP contribution in [-0.2, 0) is 31.1 Å². The van der Waals surface area contributed by atoms with Crippen molar-refractivity contribution in [1.82, 2.24) is 4.90 Å². The molecule has 3 heterocycles. The molecule has 0 bridgehead atoms. The zero-order valence-electron chi connectivity index (χ0n) is 17.4. The standard InChI is InChI=1S/C22H28N4O4/c1-3-5-11-26-19(28)16-14(9-10-15(23)27)25-22(17(16)20(26)29)13-8-6-7-12(4-2)18(13)24-21(22)30/h6-8,14,16-17,25H,3-5,9-11H2,1-2H3,(H2,23,27)(H,24,30)/p+1/t14-,16+,17-,22-/m0/s1. The van der Waals surface area contributed by atoms with Crippen LogP contribution in [0, 0.1) is 11.8 Å². The number of anilines is 1. The summed E-state index contributed by atoms with van der Waals surface area (Å²) in [5.74, 6) is -2.61. The highest BCUT2D eigenvalue weighted by Crippen LogP contribution is 2.50. The number of hydrogen-bond donors (Lipinski definition) is 3. The average Bonchev–Trinajstić information content (AvgIpc) is 3.30. The van der Waals surface area contributed by atoms with Crippen LogP contribution in [-0.4, -0.2) is 41.1 Å². The summed E-state index contributed by atoms with van der Waals surface area (Å²) in [7, 11) is 0. The second-order valence-corrected chi connectivity index (χ2v) is 8.54. The second-order valence-electron chi connectivity index (χ2n) is 8.54. The van der Waals surface area contributed by atoms with Crippen molar-refractivity contribution >= 4 is 29.3 Å². The predicted octanol–water partition coefficient (Wildman–Crippen LogP) is 0.00880. The maximum Gasteiger partial charge on any atom is 0.291 e. The van der Waals surface area contributed by atoms with E-state index in [4.69, 9.17) is 5.73 Å². The van der Waals surface area contributed by atoms with E-state index >= 15 is 0 Å². The lowest BCUT2D eigenvalue weighted by Crippen LogP contribution is -2.99. The molecule has 4 rings (SSSR count). The van der Waals surface area contributed by atoms with Crippen LogP contribution in [0.1, 0.15) is 50.7 Å². The normalized spacial score (nSPS) is 29.5. The van der Waals surface area contributed by atoms with E-state index in [0.29, 0.717) is 13.0 Å². The predicted molar refractivity (Wildman–Crippen MR) is 109 cm³/mol. The number of quaternary nitrogens is 1. The van der Waals surface area contributed by atoms with Crippen molar-refractivity contribution in [2.75, 3.05) is 11.9 Å². The van der Waals surface area contributed by atoms with E-state index in [-0.39, 0.29) is 30.2 Å². The van der Waals surface area contributed by atoms with Gasteiger partial charge < -0.3 is 16.4 Å². The molecular formula is C22H29N4O4+. The third kappa shape index (κ3) is 2.77. The fourth-order valence-corrected chi connectivity index (χ4v) is 5.51. The first-order valence-corrected chi connectivity index (χ1v) is 10.8. The minimum atomic E-state index is -1.18. The maximum absolute atomic E-state index is 13.5. The van der Waals surface area contributed by atoms with Crippen LogP contribution in [0.3, 0.4) is 0 Å². The number of primary amides is 1. The molecule has 30 heavy (non-hydrogen) atoms. The number of hydrogen-bond acceptors (Lipinski definition) is 4. The van der Waals surface area contributed by atoms with Crippen LogP contribution in [0.4, 0.5) is 5.69 Å². The monoisotopic (exact) mass is 413 g/mol. The molecule has 1 spiro atoms. The number of aryl methyl sites for hydroxylation is 1. The van der Waals surface area contributed by atoms with Crippen molar-refractivity contribution in [2.24, 2.45) is 17.6 Å². The van der Waals surface area contributed by atoms with E-state index in [9.17, 15) is 19.2 Å². The average molecular weight is 413 g/mol. The van der Waals surface area contributed by atoms with Crippen molar-refractivity contribution in [2.45, 2.75) is 57.5 Å². The molecule has 1 aromatic carbocycles. The molecule has 1 aromatic rings. The number of rotatable bonds is 7. The van der Waals surface area contributed by atoms with Gasteiger partial charge in [0.2, 0.25) is 23.3 Å². The summed E-state index contributed by atoms with van der Waals surface area (Å²) in [4.78, 5) is 52.9. The molecule has 4 atom stereocenters. The number of nitrogens with two attached hydrogens (primary N) is 2. The molecule has 0 aliphatic carbocycles. The van der Waals surface area contributed by atoms with Gasteiger partial charge in [-0.1, -0.05) is 38.5 Å². The number of likely N-dealkylation sites (tertiary alicyclic amines) is 1. The van der Waals surface area contributed by atoms with E-state index < -0.39 is 23.3 Å². The van der Waals surface area contributed by atoms with Gasteiger partial charge in [0.25, 0.3) is 5.91 Å².